The Kier molecular flexibility index (Phi) is 4.54. The van der Waals surface area contributed by atoms with Crippen LogP contribution in [0.15, 0.2) is 12.3 Å². The third-order valence-corrected chi connectivity index (χ3v) is 3.76. The maximum Gasteiger partial charge on any atom is 0.331 e. The first-order valence-corrected chi connectivity index (χ1v) is 7.03. The van der Waals surface area contributed by atoms with Crippen LogP contribution in [-0.4, -0.2) is 22.1 Å². The molecule has 0 bridgehead atoms. The number of aromatic nitrogens is 1. The Bertz CT molecular complexity index is 483. The molecule has 1 saturated carbocycles. The van der Waals surface area contributed by atoms with E-state index in [-0.39, 0.29) is 18.2 Å². The third kappa shape index (κ3) is 3.66. The highest BCUT2D eigenvalue weighted by molar-refractivity contribution is 5.42. The molecule has 2 N–H and O–H groups in total. The molecule has 2 rings (SSSR count). The van der Waals surface area contributed by atoms with Crippen LogP contribution < -0.4 is 10.5 Å². The standard InChI is InChI=1S/C14H21N3O3/c1-11-8-12(17(18)19)13(16-9-11)20-10-14(15)6-4-2-3-5-7-14/h8-9H,2-7,10,15H2,1H3. The molecule has 1 fully saturated rings. The largest absolute Gasteiger partial charge is 0.471 e. The smallest absolute Gasteiger partial charge is 0.331 e. The van der Waals surface area contributed by atoms with Crippen molar-refractivity contribution < 1.29 is 9.66 Å². The zero-order valence-electron chi connectivity index (χ0n) is 11.8. The average molecular weight is 279 g/mol. The van der Waals surface area contributed by atoms with Gasteiger partial charge in [-0.05, 0) is 25.3 Å². The van der Waals surface area contributed by atoms with Gasteiger partial charge in [-0.15, -0.1) is 0 Å². The van der Waals surface area contributed by atoms with Crippen LogP contribution in [0.2, 0.25) is 0 Å². The first-order chi connectivity index (χ1) is 9.50. The molecule has 1 aromatic rings. The highest BCUT2D eigenvalue weighted by atomic mass is 16.6. The Morgan fingerprint density at radius 3 is 2.65 bits per heavy atom. The number of ether oxygens (including phenoxy) is 1. The zero-order chi connectivity index (χ0) is 14.6. The number of aryl methyl sites for hydroxylation is 1. The number of hydrogen-bond acceptors (Lipinski definition) is 5. The van der Waals surface area contributed by atoms with Crippen LogP contribution in [0.25, 0.3) is 0 Å². The molecule has 0 amide bonds. The molecule has 1 aliphatic rings. The molecule has 20 heavy (non-hydrogen) atoms. The maximum atomic E-state index is 11.0. The second-order valence-electron chi connectivity index (χ2n) is 5.66. The Balaban J connectivity index is 2.08. The zero-order valence-corrected chi connectivity index (χ0v) is 11.8. The van der Waals surface area contributed by atoms with Crippen molar-refractivity contribution in [1.29, 1.82) is 0 Å². The van der Waals surface area contributed by atoms with Gasteiger partial charge in [0.25, 0.3) is 5.88 Å². The SMILES string of the molecule is Cc1cnc(OCC2(N)CCCCCC2)c([N+](=O)[O-])c1. The van der Waals surface area contributed by atoms with Crippen molar-refractivity contribution in [3.8, 4) is 5.88 Å². The number of hydrogen-bond donors (Lipinski definition) is 1. The fourth-order valence-corrected chi connectivity index (χ4v) is 2.57. The molecule has 0 unspecified atom stereocenters. The van der Waals surface area contributed by atoms with Crippen LogP contribution in [0.4, 0.5) is 5.69 Å². The monoisotopic (exact) mass is 279 g/mol. The van der Waals surface area contributed by atoms with Crippen LogP contribution in [0.1, 0.15) is 44.1 Å². The van der Waals surface area contributed by atoms with E-state index < -0.39 is 10.5 Å². The van der Waals surface area contributed by atoms with Gasteiger partial charge in [0, 0.05) is 12.3 Å². The predicted molar refractivity (Wildman–Crippen MR) is 75.7 cm³/mol. The number of rotatable bonds is 4. The minimum absolute atomic E-state index is 0.0645. The summed E-state index contributed by atoms with van der Waals surface area (Å²) in [6.45, 7) is 2.05. The van der Waals surface area contributed by atoms with E-state index in [2.05, 4.69) is 4.98 Å². The van der Waals surface area contributed by atoms with E-state index in [1.54, 1.807) is 13.1 Å². The lowest BCUT2D eigenvalue weighted by Crippen LogP contribution is -2.45. The summed E-state index contributed by atoms with van der Waals surface area (Å²) < 4.78 is 5.57. The molecule has 110 valence electrons. The lowest BCUT2D eigenvalue weighted by molar-refractivity contribution is -0.386. The number of pyridine rings is 1. The van der Waals surface area contributed by atoms with E-state index >= 15 is 0 Å². The van der Waals surface area contributed by atoms with Crippen LogP contribution in [0.3, 0.4) is 0 Å². The van der Waals surface area contributed by atoms with Crippen molar-refractivity contribution in [2.75, 3.05) is 6.61 Å². The second kappa shape index (κ2) is 6.17. The summed E-state index contributed by atoms with van der Waals surface area (Å²) in [6, 6.07) is 1.47. The van der Waals surface area contributed by atoms with Crippen molar-refractivity contribution in [2.45, 2.75) is 51.0 Å². The number of nitro groups is 1. The number of nitrogens with two attached hydrogens (primary N) is 1. The highest BCUT2D eigenvalue weighted by Gasteiger charge is 2.28. The van der Waals surface area contributed by atoms with Gasteiger partial charge in [-0.25, -0.2) is 4.98 Å². The normalized spacial score (nSPS) is 18.3. The molecule has 1 heterocycles. The Labute approximate surface area is 118 Å². The predicted octanol–water partition coefficient (Wildman–Crippen LogP) is 2.73. The van der Waals surface area contributed by atoms with Gasteiger partial charge in [0.05, 0.1) is 10.5 Å². The summed E-state index contributed by atoms with van der Waals surface area (Å²) in [5.74, 6) is 0.0645. The third-order valence-electron chi connectivity index (χ3n) is 3.76. The Morgan fingerprint density at radius 1 is 1.40 bits per heavy atom. The molecule has 0 saturated heterocycles. The van der Waals surface area contributed by atoms with Gasteiger partial charge in [0.15, 0.2) is 0 Å². The molecule has 1 aromatic heterocycles. The van der Waals surface area contributed by atoms with Crippen molar-refractivity contribution in [3.05, 3.63) is 27.9 Å². The van der Waals surface area contributed by atoms with Crippen molar-refractivity contribution in [2.24, 2.45) is 5.73 Å². The lowest BCUT2D eigenvalue weighted by Gasteiger charge is -2.27. The van der Waals surface area contributed by atoms with Gasteiger partial charge in [0.1, 0.15) is 6.61 Å². The molecule has 0 aliphatic heterocycles. The molecular weight excluding hydrogens is 258 g/mol. The second-order valence-corrected chi connectivity index (χ2v) is 5.66. The quantitative estimate of drug-likeness (QED) is 0.520. The summed E-state index contributed by atoms with van der Waals surface area (Å²) in [5, 5.41) is 11.0. The molecule has 0 aromatic carbocycles. The van der Waals surface area contributed by atoms with Gasteiger partial charge >= 0.3 is 5.69 Å². The molecule has 6 nitrogen and oxygen atoms in total. The van der Waals surface area contributed by atoms with Gasteiger partial charge in [-0.3, -0.25) is 10.1 Å². The maximum absolute atomic E-state index is 11.0. The Hall–Kier alpha value is -1.69. The topological polar surface area (TPSA) is 91.3 Å². The summed E-state index contributed by atoms with van der Waals surface area (Å²) in [6.07, 6.45) is 7.92. The summed E-state index contributed by atoms with van der Waals surface area (Å²) in [5.41, 5.74) is 6.59. The van der Waals surface area contributed by atoms with Crippen molar-refractivity contribution in [1.82, 2.24) is 4.98 Å². The van der Waals surface area contributed by atoms with Gasteiger partial charge in [-0.1, -0.05) is 25.7 Å². The van der Waals surface area contributed by atoms with Crippen LogP contribution >= 0.6 is 0 Å². The van der Waals surface area contributed by atoms with E-state index in [1.807, 2.05) is 0 Å². The van der Waals surface area contributed by atoms with E-state index in [0.29, 0.717) is 0 Å². The van der Waals surface area contributed by atoms with Crippen molar-refractivity contribution in [3.63, 3.8) is 0 Å². The van der Waals surface area contributed by atoms with Gasteiger partial charge in [0.2, 0.25) is 0 Å². The Morgan fingerprint density at radius 2 is 2.05 bits per heavy atom. The van der Waals surface area contributed by atoms with E-state index in [0.717, 1.165) is 31.2 Å². The summed E-state index contributed by atoms with van der Waals surface area (Å²) in [7, 11) is 0. The fourth-order valence-electron chi connectivity index (χ4n) is 2.57. The highest BCUT2D eigenvalue weighted by Crippen LogP contribution is 2.29. The summed E-state index contributed by atoms with van der Waals surface area (Å²) >= 11 is 0. The molecule has 0 spiro atoms. The first-order valence-electron chi connectivity index (χ1n) is 7.03. The summed E-state index contributed by atoms with van der Waals surface area (Å²) in [4.78, 5) is 14.6. The minimum Gasteiger partial charge on any atom is -0.471 e. The fraction of sp³-hybridized carbons (Fsp3) is 0.643. The lowest BCUT2D eigenvalue weighted by atomic mass is 9.93. The average Bonchev–Trinajstić information content (AvgIpc) is 2.62. The minimum atomic E-state index is -0.467. The first kappa shape index (κ1) is 14.7. The van der Waals surface area contributed by atoms with Gasteiger partial charge in [-0.2, -0.15) is 0 Å². The van der Waals surface area contributed by atoms with Crippen LogP contribution in [-0.2, 0) is 0 Å². The van der Waals surface area contributed by atoms with E-state index in [4.69, 9.17) is 10.5 Å². The number of nitrogens with zero attached hydrogens (tertiary/aromatic N) is 2. The van der Waals surface area contributed by atoms with Crippen LogP contribution in [0, 0.1) is 17.0 Å². The van der Waals surface area contributed by atoms with Crippen LogP contribution in [0.5, 0.6) is 5.88 Å². The molecule has 0 radical (unpaired) electrons. The molecule has 6 heteroatoms. The van der Waals surface area contributed by atoms with E-state index in [1.165, 1.54) is 18.9 Å². The van der Waals surface area contributed by atoms with Crippen molar-refractivity contribution >= 4 is 5.69 Å². The van der Waals surface area contributed by atoms with Gasteiger partial charge < -0.3 is 10.5 Å². The molecule has 0 atom stereocenters. The molecule has 1 aliphatic carbocycles. The molecular formula is C14H21N3O3. The van der Waals surface area contributed by atoms with E-state index in [9.17, 15) is 10.1 Å².